The van der Waals surface area contributed by atoms with E-state index in [0.717, 1.165) is 71.7 Å². The molecule has 0 saturated heterocycles. The molecule has 450 valence electrons. The van der Waals surface area contributed by atoms with E-state index < -0.39 is 0 Å². The van der Waals surface area contributed by atoms with Gasteiger partial charge in [0.15, 0.2) is 0 Å². The molecule has 0 aliphatic heterocycles. The third-order valence-electron chi connectivity index (χ3n) is 8.85. The standard InChI is InChI=1S/C16H30O3.C13H24O3.C10H19N.C10H20O2.C6H13NO.C4H9N.C4H8O/c1-7-10-17-12-16(9-3,13-18-11-8-2)14-19-15(4,5)6;1-6-8-14-10-12(11-15-9-7-2)16-13(3,4)5;1-6-8-11(9-7-2)10(3,4)5;1-5-11-8-6-7-9-12-10(2,3)4;1-3-8-6-4-5-7-2;2*1-3-4-5-2/h7-8H,1-2,9-14H2,3-6H3;6-7,12H,1-2,8-11H2,3-5H3;6-7H,1-2,8-9H2,3-5H3;5H,1,6-9H2,2-4H3;3,7H,1,4-6H2,2H3;3,5H,1,4H2,2H3;3H,1,4H2,2H3. The molecule has 0 fully saturated rings. The number of hydrogen-bond acceptors (Lipinski definition) is 13. The number of likely N-dealkylation sites (N-methyl/N-ethyl adjacent to an activating group) is 1. The predicted octanol–water partition coefficient (Wildman–Crippen LogP) is 13.3. The minimum Gasteiger partial charge on any atom is -0.502 e. The van der Waals surface area contributed by atoms with Gasteiger partial charge in [-0.25, -0.2) is 0 Å². The molecule has 0 heterocycles. The van der Waals surface area contributed by atoms with Gasteiger partial charge in [-0.05, 0) is 129 Å². The van der Waals surface area contributed by atoms with Crippen LogP contribution in [0.15, 0.2) is 127 Å². The van der Waals surface area contributed by atoms with Crippen LogP contribution in [0.2, 0.25) is 0 Å². The molecule has 0 radical (unpaired) electrons. The summed E-state index contributed by atoms with van der Waals surface area (Å²) in [5.74, 6) is 0. The zero-order valence-corrected chi connectivity index (χ0v) is 52.3. The molecule has 0 aliphatic carbocycles. The highest BCUT2D eigenvalue weighted by Crippen LogP contribution is 2.26. The van der Waals surface area contributed by atoms with Gasteiger partial charge in [0.1, 0.15) is 6.10 Å². The summed E-state index contributed by atoms with van der Waals surface area (Å²) < 4.78 is 53.7. The highest BCUT2D eigenvalue weighted by atomic mass is 16.6. The van der Waals surface area contributed by atoms with Crippen LogP contribution in [0.25, 0.3) is 0 Å². The van der Waals surface area contributed by atoms with Crippen molar-refractivity contribution in [1.82, 2.24) is 15.5 Å². The third kappa shape index (κ3) is 84.5. The molecule has 13 nitrogen and oxygen atoms in total. The lowest BCUT2D eigenvalue weighted by atomic mass is 9.87. The number of ether oxygens (including phenoxy) is 10. The maximum atomic E-state index is 5.94. The average molecular weight is 1080 g/mol. The lowest BCUT2D eigenvalue weighted by Gasteiger charge is -2.34. The van der Waals surface area contributed by atoms with E-state index in [1.807, 2.05) is 53.1 Å². The first-order valence-electron chi connectivity index (χ1n) is 26.8. The van der Waals surface area contributed by atoms with E-state index in [4.69, 9.17) is 42.6 Å². The molecule has 0 aromatic rings. The summed E-state index contributed by atoms with van der Waals surface area (Å²) in [5.41, 5.74) is -0.266. The van der Waals surface area contributed by atoms with Gasteiger partial charge in [-0.15, -0.1) is 52.6 Å². The minimum atomic E-state index is -0.195. The Labute approximate surface area is 470 Å². The molecule has 0 bridgehead atoms. The van der Waals surface area contributed by atoms with Crippen LogP contribution in [0.5, 0.6) is 0 Å². The van der Waals surface area contributed by atoms with E-state index in [1.165, 1.54) is 12.5 Å². The molecular formula is C63H123N3O10. The first-order chi connectivity index (χ1) is 35.7. The van der Waals surface area contributed by atoms with Crippen LogP contribution in [-0.2, 0) is 47.4 Å². The van der Waals surface area contributed by atoms with Crippen molar-refractivity contribution in [3.05, 3.63) is 127 Å². The largest absolute Gasteiger partial charge is 0.502 e. The van der Waals surface area contributed by atoms with Crippen molar-refractivity contribution >= 4 is 0 Å². The highest BCUT2D eigenvalue weighted by molar-refractivity contribution is 4.87. The molecule has 0 saturated carbocycles. The van der Waals surface area contributed by atoms with Gasteiger partial charge in [-0.3, -0.25) is 4.90 Å². The highest BCUT2D eigenvalue weighted by Gasteiger charge is 2.31. The molecule has 0 amide bonds. The summed E-state index contributed by atoms with van der Waals surface area (Å²) in [7, 11) is 5.46. The van der Waals surface area contributed by atoms with E-state index in [1.54, 1.807) is 37.5 Å². The monoisotopic (exact) mass is 1080 g/mol. The van der Waals surface area contributed by atoms with Crippen LogP contribution in [0, 0.1) is 5.41 Å². The van der Waals surface area contributed by atoms with Crippen LogP contribution in [0.1, 0.15) is 116 Å². The maximum Gasteiger partial charge on any atom is 0.105 e. The normalized spacial score (nSPS) is 10.9. The lowest BCUT2D eigenvalue weighted by molar-refractivity contribution is -0.115. The van der Waals surface area contributed by atoms with E-state index in [9.17, 15) is 0 Å². The van der Waals surface area contributed by atoms with Crippen LogP contribution < -0.4 is 10.6 Å². The van der Waals surface area contributed by atoms with Crippen molar-refractivity contribution in [2.75, 3.05) is 133 Å². The molecule has 0 rings (SSSR count). The summed E-state index contributed by atoms with van der Waals surface area (Å²) in [6, 6.07) is 0. The minimum absolute atomic E-state index is 0.0146. The zero-order chi connectivity index (χ0) is 60.1. The van der Waals surface area contributed by atoms with Crippen molar-refractivity contribution in [2.24, 2.45) is 5.41 Å². The van der Waals surface area contributed by atoms with Crippen LogP contribution in [0.3, 0.4) is 0 Å². The number of unbranched alkanes of at least 4 members (excludes halogenated alkanes) is 1. The fourth-order valence-electron chi connectivity index (χ4n) is 5.06. The zero-order valence-electron chi connectivity index (χ0n) is 52.3. The molecular weight excluding hydrogens is 959 g/mol. The summed E-state index contributed by atoms with van der Waals surface area (Å²) in [6.07, 6.45) is 21.3. The first-order valence-corrected chi connectivity index (χ1v) is 26.8. The van der Waals surface area contributed by atoms with E-state index in [2.05, 4.69) is 155 Å². The van der Waals surface area contributed by atoms with Crippen LogP contribution >= 0.6 is 0 Å². The van der Waals surface area contributed by atoms with Crippen molar-refractivity contribution in [2.45, 2.75) is 144 Å². The molecule has 0 aromatic heterocycles. The fourth-order valence-corrected chi connectivity index (χ4v) is 5.06. The Hall–Kier alpha value is -3.44. The van der Waals surface area contributed by atoms with Gasteiger partial charge in [0.2, 0.25) is 0 Å². The van der Waals surface area contributed by atoms with Gasteiger partial charge in [-0.1, -0.05) is 68.7 Å². The van der Waals surface area contributed by atoms with Gasteiger partial charge < -0.3 is 58.0 Å². The average Bonchev–Trinajstić information content (AvgIpc) is 3.34. The molecule has 0 atom stereocenters. The Morgan fingerprint density at radius 2 is 0.895 bits per heavy atom. The lowest BCUT2D eigenvalue weighted by Crippen LogP contribution is -2.41. The second-order valence-electron chi connectivity index (χ2n) is 20.8. The van der Waals surface area contributed by atoms with E-state index in [-0.39, 0.29) is 33.9 Å². The Morgan fingerprint density at radius 3 is 1.18 bits per heavy atom. The third-order valence-corrected chi connectivity index (χ3v) is 8.85. The molecule has 0 aliphatic rings. The number of rotatable bonds is 39. The quantitative estimate of drug-likeness (QED) is 0.0346. The van der Waals surface area contributed by atoms with Crippen molar-refractivity contribution < 1.29 is 47.4 Å². The van der Waals surface area contributed by atoms with Gasteiger partial charge in [0.25, 0.3) is 0 Å². The second-order valence-corrected chi connectivity index (χ2v) is 20.8. The first kappa shape index (κ1) is 86.4. The van der Waals surface area contributed by atoms with E-state index in [0.29, 0.717) is 66.1 Å². The van der Waals surface area contributed by atoms with Gasteiger partial charge in [0, 0.05) is 44.3 Å². The molecule has 0 unspecified atom stereocenters. The summed E-state index contributed by atoms with van der Waals surface area (Å²) in [5, 5.41) is 5.91. The Kier molecular flexibility index (Phi) is 71.0. The SMILES string of the molecule is C=CCN(CC=C)C(C)(C)C.C=CCNC.C=CCOC.C=CCOCC(CC)(COCC=C)COC(C)(C)C.C=CCOCC(COCC=C)OC(C)(C)C.C=COCCCCOC(C)(C)C.C=COCCCNC. The Balaban J connectivity index is -0.000000153. The Morgan fingerprint density at radius 1 is 0.474 bits per heavy atom. The Bertz CT molecular complexity index is 1260. The molecule has 76 heavy (non-hydrogen) atoms. The van der Waals surface area contributed by atoms with Crippen LogP contribution in [0.4, 0.5) is 0 Å². The van der Waals surface area contributed by atoms with Crippen molar-refractivity contribution in [3.8, 4) is 0 Å². The number of nitrogens with one attached hydrogen (secondary N) is 2. The summed E-state index contributed by atoms with van der Waals surface area (Å²) >= 11 is 0. The van der Waals surface area contributed by atoms with Gasteiger partial charge >= 0.3 is 0 Å². The summed E-state index contributed by atoms with van der Waals surface area (Å²) in [6.45, 7) is 74.7. The molecule has 0 spiro atoms. The number of hydrogen-bond donors (Lipinski definition) is 2. The van der Waals surface area contributed by atoms with Gasteiger partial charge in [0.05, 0.1) is 109 Å². The topological polar surface area (TPSA) is 120 Å². The maximum absolute atomic E-state index is 5.94. The summed E-state index contributed by atoms with van der Waals surface area (Å²) in [4.78, 5) is 2.31. The molecule has 2 N–H and O–H groups in total. The van der Waals surface area contributed by atoms with Crippen LogP contribution in [-0.4, -0.2) is 167 Å². The smallest absolute Gasteiger partial charge is 0.105 e. The fraction of sp³-hybridized carbons (Fsp3) is 0.683. The van der Waals surface area contributed by atoms with Crippen molar-refractivity contribution in [1.29, 1.82) is 0 Å². The second kappa shape index (κ2) is 62.4. The van der Waals surface area contributed by atoms with Crippen molar-refractivity contribution in [3.63, 3.8) is 0 Å². The molecule has 0 aromatic carbocycles. The molecule has 13 heteroatoms. The predicted molar refractivity (Wildman–Crippen MR) is 331 cm³/mol. The number of methoxy groups -OCH3 is 1. The van der Waals surface area contributed by atoms with Gasteiger partial charge in [-0.2, -0.15) is 0 Å². The van der Waals surface area contributed by atoms with E-state index >= 15 is 0 Å². The number of nitrogens with zero attached hydrogens (tertiary/aromatic N) is 1.